The SMILES string of the molecule is C#CCNC1(C(=O)O)CCCS(=O)(=O)C1. The van der Waals surface area contributed by atoms with Crippen molar-refractivity contribution < 1.29 is 18.3 Å². The Bertz CT molecular complexity index is 395. The van der Waals surface area contributed by atoms with Gasteiger partial charge in [-0.15, -0.1) is 6.42 Å². The molecule has 0 saturated carbocycles. The van der Waals surface area contributed by atoms with Crippen molar-refractivity contribution in [3.8, 4) is 12.3 Å². The fourth-order valence-electron chi connectivity index (χ4n) is 1.72. The van der Waals surface area contributed by atoms with Crippen molar-refractivity contribution in [1.29, 1.82) is 0 Å². The summed E-state index contributed by atoms with van der Waals surface area (Å²) in [5, 5.41) is 11.7. The number of hydrogen-bond donors (Lipinski definition) is 2. The lowest BCUT2D eigenvalue weighted by Crippen LogP contribution is -2.59. The van der Waals surface area contributed by atoms with E-state index in [1.165, 1.54) is 0 Å². The highest BCUT2D eigenvalue weighted by Gasteiger charge is 2.44. The molecule has 6 heteroatoms. The molecule has 84 valence electrons. The van der Waals surface area contributed by atoms with Crippen LogP contribution in [-0.4, -0.2) is 43.1 Å². The van der Waals surface area contributed by atoms with E-state index in [0.717, 1.165) is 0 Å². The Labute approximate surface area is 88.8 Å². The monoisotopic (exact) mass is 231 g/mol. The molecular formula is C9H13NO4S. The van der Waals surface area contributed by atoms with Gasteiger partial charge in [0, 0.05) is 0 Å². The molecule has 1 fully saturated rings. The van der Waals surface area contributed by atoms with Gasteiger partial charge < -0.3 is 5.11 Å². The topological polar surface area (TPSA) is 83.5 Å². The number of sulfone groups is 1. The van der Waals surface area contributed by atoms with Crippen LogP contribution in [0.25, 0.3) is 0 Å². The molecule has 5 nitrogen and oxygen atoms in total. The second kappa shape index (κ2) is 4.21. The van der Waals surface area contributed by atoms with E-state index >= 15 is 0 Å². The minimum Gasteiger partial charge on any atom is -0.480 e. The molecule has 1 saturated heterocycles. The van der Waals surface area contributed by atoms with Crippen LogP contribution in [0.3, 0.4) is 0 Å². The van der Waals surface area contributed by atoms with Crippen molar-refractivity contribution in [2.45, 2.75) is 18.4 Å². The number of carboxylic acids is 1. The second-order valence-electron chi connectivity index (χ2n) is 3.64. The molecule has 0 aromatic heterocycles. The molecule has 1 unspecified atom stereocenters. The van der Waals surface area contributed by atoms with Gasteiger partial charge in [-0.05, 0) is 12.8 Å². The van der Waals surface area contributed by atoms with Gasteiger partial charge in [0.05, 0.1) is 18.1 Å². The largest absolute Gasteiger partial charge is 0.480 e. The minimum atomic E-state index is -3.28. The summed E-state index contributed by atoms with van der Waals surface area (Å²) in [6.45, 7) is 0.0574. The van der Waals surface area contributed by atoms with Crippen molar-refractivity contribution in [3.63, 3.8) is 0 Å². The first-order valence-electron chi connectivity index (χ1n) is 4.54. The molecule has 1 rings (SSSR count). The Hall–Kier alpha value is -1.06. The van der Waals surface area contributed by atoms with Gasteiger partial charge in [0.25, 0.3) is 0 Å². The molecular weight excluding hydrogens is 218 g/mol. The maximum Gasteiger partial charge on any atom is 0.324 e. The number of hydrogen-bond acceptors (Lipinski definition) is 4. The lowest BCUT2D eigenvalue weighted by molar-refractivity contribution is -0.144. The van der Waals surface area contributed by atoms with Gasteiger partial charge in [-0.25, -0.2) is 8.42 Å². The molecule has 1 heterocycles. The maximum atomic E-state index is 11.4. The Morgan fingerprint density at radius 1 is 1.60 bits per heavy atom. The molecule has 0 aromatic rings. The van der Waals surface area contributed by atoms with Crippen LogP contribution in [0.1, 0.15) is 12.8 Å². The molecule has 15 heavy (non-hydrogen) atoms. The molecule has 0 aliphatic carbocycles. The maximum absolute atomic E-state index is 11.4. The van der Waals surface area contributed by atoms with Gasteiger partial charge in [0.1, 0.15) is 5.54 Å². The molecule has 0 radical (unpaired) electrons. The van der Waals surface area contributed by atoms with Crippen LogP contribution in [0.4, 0.5) is 0 Å². The number of carbonyl (C=O) groups is 1. The van der Waals surface area contributed by atoms with Crippen LogP contribution in [-0.2, 0) is 14.6 Å². The summed E-state index contributed by atoms with van der Waals surface area (Å²) in [7, 11) is -3.28. The number of aliphatic carboxylic acids is 1. The minimum absolute atomic E-state index is 0.0553. The van der Waals surface area contributed by atoms with Gasteiger partial charge in [-0.2, -0.15) is 0 Å². The summed E-state index contributed by atoms with van der Waals surface area (Å²) in [5.41, 5.74) is -1.40. The average Bonchev–Trinajstić information content (AvgIpc) is 2.13. The highest BCUT2D eigenvalue weighted by Crippen LogP contribution is 2.23. The number of rotatable bonds is 3. The molecule has 1 aliphatic rings. The van der Waals surface area contributed by atoms with E-state index in [0.29, 0.717) is 12.8 Å². The molecule has 0 aromatic carbocycles. The molecule has 0 bridgehead atoms. The van der Waals surface area contributed by atoms with E-state index in [1.54, 1.807) is 0 Å². The molecule has 0 spiro atoms. The zero-order chi connectivity index (χ0) is 11.5. The third-order valence-corrected chi connectivity index (χ3v) is 4.31. The first-order chi connectivity index (χ1) is 6.92. The normalized spacial score (nSPS) is 29.3. The van der Waals surface area contributed by atoms with Crippen LogP contribution in [0.15, 0.2) is 0 Å². The third-order valence-electron chi connectivity index (χ3n) is 2.46. The van der Waals surface area contributed by atoms with Crippen molar-refractivity contribution >= 4 is 15.8 Å². The highest BCUT2D eigenvalue weighted by atomic mass is 32.2. The van der Waals surface area contributed by atoms with Crippen molar-refractivity contribution in [3.05, 3.63) is 0 Å². The Kier molecular flexibility index (Phi) is 3.37. The van der Waals surface area contributed by atoms with Gasteiger partial charge in [0.2, 0.25) is 0 Å². The zero-order valence-corrected chi connectivity index (χ0v) is 9.01. The fourth-order valence-corrected chi connectivity index (χ4v) is 3.57. The van der Waals surface area contributed by atoms with Gasteiger partial charge >= 0.3 is 5.97 Å². The van der Waals surface area contributed by atoms with Gasteiger partial charge in [-0.3, -0.25) is 10.1 Å². The van der Waals surface area contributed by atoms with E-state index < -0.39 is 21.3 Å². The third kappa shape index (κ3) is 2.70. The lowest BCUT2D eigenvalue weighted by Gasteiger charge is -2.33. The Balaban J connectivity index is 2.91. The van der Waals surface area contributed by atoms with E-state index in [4.69, 9.17) is 11.5 Å². The Morgan fingerprint density at radius 2 is 2.27 bits per heavy atom. The number of terminal acetylenes is 1. The molecule has 1 aliphatic heterocycles. The predicted octanol–water partition coefficient (Wildman–Crippen LogP) is -0.759. The highest BCUT2D eigenvalue weighted by molar-refractivity contribution is 7.91. The van der Waals surface area contributed by atoms with Crippen molar-refractivity contribution in [2.75, 3.05) is 18.1 Å². The summed E-state index contributed by atoms with van der Waals surface area (Å²) in [6.07, 6.45) is 5.67. The summed E-state index contributed by atoms with van der Waals surface area (Å²) in [4.78, 5) is 11.1. The van der Waals surface area contributed by atoms with Crippen LogP contribution in [0, 0.1) is 12.3 Å². The smallest absolute Gasteiger partial charge is 0.324 e. The summed E-state index contributed by atoms with van der Waals surface area (Å²) in [5.74, 6) is 0.778. The fraction of sp³-hybridized carbons (Fsp3) is 0.667. The Morgan fingerprint density at radius 3 is 2.73 bits per heavy atom. The number of nitrogens with one attached hydrogen (secondary N) is 1. The van der Waals surface area contributed by atoms with Crippen molar-refractivity contribution in [2.24, 2.45) is 0 Å². The molecule has 1 atom stereocenters. The van der Waals surface area contributed by atoms with E-state index in [2.05, 4.69) is 11.2 Å². The average molecular weight is 231 g/mol. The van der Waals surface area contributed by atoms with E-state index in [9.17, 15) is 13.2 Å². The standard InChI is InChI=1S/C9H13NO4S/c1-2-5-10-9(8(11)12)4-3-6-15(13,14)7-9/h1,10H,3-7H2,(H,11,12). The zero-order valence-electron chi connectivity index (χ0n) is 8.19. The van der Waals surface area contributed by atoms with Gasteiger partial charge in [-0.1, -0.05) is 5.92 Å². The second-order valence-corrected chi connectivity index (χ2v) is 5.82. The predicted molar refractivity (Wildman–Crippen MR) is 55.1 cm³/mol. The van der Waals surface area contributed by atoms with Crippen LogP contribution in [0.2, 0.25) is 0 Å². The van der Waals surface area contributed by atoms with Crippen LogP contribution in [0.5, 0.6) is 0 Å². The summed E-state index contributed by atoms with van der Waals surface area (Å²) >= 11 is 0. The molecule has 0 amide bonds. The van der Waals surface area contributed by atoms with E-state index in [-0.39, 0.29) is 18.1 Å². The van der Waals surface area contributed by atoms with Crippen LogP contribution >= 0.6 is 0 Å². The first-order valence-corrected chi connectivity index (χ1v) is 6.36. The van der Waals surface area contributed by atoms with Crippen molar-refractivity contribution in [1.82, 2.24) is 5.32 Å². The lowest BCUT2D eigenvalue weighted by atomic mass is 9.95. The quantitative estimate of drug-likeness (QED) is 0.624. The van der Waals surface area contributed by atoms with Crippen LogP contribution < -0.4 is 5.32 Å². The first kappa shape index (κ1) is 12.0. The van der Waals surface area contributed by atoms with E-state index in [1.807, 2.05) is 0 Å². The van der Waals surface area contributed by atoms with Gasteiger partial charge in [0.15, 0.2) is 9.84 Å². The number of carboxylic acid groups (broad SMARTS) is 1. The summed E-state index contributed by atoms with van der Waals surface area (Å²) < 4.78 is 22.8. The molecule has 2 N–H and O–H groups in total. The summed E-state index contributed by atoms with van der Waals surface area (Å²) in [6, 6.07) is 0.